The van der Waals surface area contributed by atoms with E-state index in [2.05, 4.69) is 27.0 Å². The summed E-state index contributed by atoms with van der Waals surface area (Å²) in [5.74, 6) is -0.909. The van der Waals surface area contributed by atoms with Crippen molar-refractivity contribution in [3.8, 4) is 11.3 Å². The van der Waals surface area contributed by atoms with Gasteiger partial charge in [-0.2, -0.15) is 0 Å². The largest absolute Gasteiger partial charge is 0.465 e. The molecule has 5 rings (SSSR count). The van der Waals surface area contributed by atoms with Crippen molar-refractivity contribution in [2.45, 2.75) is 105 Å². The van der Waals surface area contributed by atoms with E-state index >= 15 is 0 Å². The summed E-state index contributed by atoms with van der Waals surface area (Å²) in [6, 6.07) is 27.4. The minimum atomic E-state index is -1.32. The Morgan fingerprint density at radius 3 is 2.02 bits per heavy atom. The lowest BCUT2D eigenvalue weighted by molar-refractivity contribution is -0.131. The van der Waals surface area contributed by atoms with Gasteiger partial charge in [-0.3, -0.25) is 14.6 Å². The summed E-state index contributed by atoms with van der Waals surface area (Å²) >= 11 is 0. The molecule has 12 nitrogen and oxygen atoms in total. The number of nitrogens with zero attached hydrogens (tertiary/aromatic N) is 3. The molecule has 0 radical (unpaired) electrons. The number of carbonyl (C=O) groups is 4. The maximum Gasteiger partial charge on any atom is 0.405 e. The number of hydrogen-bond donors (Lipinski definition) is 5. The minimum absolute atomic E-state index is 0.0303. The van der Waals surface area contributed by atoms with E-state index in [1.54, 1.807) is 36.8 Å². The van der Waals surface area contributed by atoms with Crippen LogP contribution in [0.25, 0.3) is 11.3 Å². The zero-order valence-corrected chi connectivity index (χ0v) is 35.3. The van der Waals surface area contributed by atoms with Crippen molar-refractivity contribution in [2.75, 3.05) is 13.1 Å². The highest BCUT2D eigenvalue weighted by Crippen LogP contribution is 2.30. The lowest BCUT2D eigenvalue weighted by atomic mass is 9.84. The number of hydrogen-bond acceptors (Lipinski definition) is 6. The Hall–Kier alpha value is -5.75. The van der Waals surface area contributed by atoms with Crippen LogP contribution in [-0.2, 0) is 29.0 Å². The van der Waals surface area contributed by atoms with E-state index in [4.69, 9.17) is 0 Å². The molecule has 1 saturated heterocycles. The number of urea groups is 1. The van der Waals surface area contributed by atoms with Gasteiger partial charge in [-0.25, -0.2) is 9.59 Å². The van der Waals surface area contributed by atoms with E-state index in [9.17, 15) is 29.4 Å². The summed E-state index contributed by atoms with van der Waals surface area (Å²) in [6.07, 6.45) is -0.136. The molecule has 5 atom stereocenters. The number of aryl methyl sites for hydroxylation is 1. The average Bonchev–Trinajstić information content (AvgIpc) is 3.51. The fourth-order valence-corrected chi connectivity index (χ4v) is 7.80. The minimum Gasteiger partial charge on any atom is -0.465 e. The molecule has 1 aliphatic rings. The fourth-order valence-electron chi connectivity index (χ4n) is 7.80. The van der Waals surface area contributed by atoms with Crippen molar-refractivity contribution in [1.29, 1.82) is 0 Å². The highest BCUT2D eigenvalue weighted by Gasteiger charge is 2.44. The SMILES string of the molecule is Cc1cccc(CN2CCN([C@H](C(=O)N[C@@H](Cc3ccccc3)[C@@H](O)C[C@H](Cc3ccc(-c4ccccn4)cc3)NC(=O)[C@@H](NC(=O)O)C(C)(C)C)C(C)(C)C)C2=O)c1. The van der Waals surface area contributed by atoms with E-state index in [0.717, 1.165) is 33.5 Å². The first-order valence-electron chi connectivity index (χ1n) is 20.3. The molecule has 4 aromatic rings. The molecule has 12 heteroatoms. The van der Waals surface area contributed by atoms with E-state index < -0.39 is 53.1 Å². The molecule has 5 amide bonds. The molecule has 59 heavy (non-hydrogen) atoms. The van der Waals surface area contributed by atoms with Gasteiger partial charge < -0.3 is 36.0 Å². The van der Waals surface area contributed by atoms with Crippen LogP contribution in [0.5, 0.6) is 0 Å². The molecule has 1 fully saturated rings. The normalized spacial score (nSPS) is 15.8. The number of carboxylic acid groups (broad SMARTS) is 1. The first-order valence-corrected chi connectivity index (χ1v) is 20.3. The predicted molar refractivity (Wildman–Crippen MR) is 229 cm³/mol. The van der Waals surface area contributed by atoms with Crippen LogP contribution in [-0.4, -0.2) is 92.3 Å². The quantitative estimate of drug-likeness (QED) is 0.0853. The van der Waals surface area contributed by atoms with Crippen LogP contribution >= 0.6 is 0 Å². The number of rotatable bonds is 16. The zero-order chi connectivity index (χ0) is 42.9. The number of aromatic nitrogens is 1. The van der Waals surface area contributed by atoms with E-state index in [-0.39, 0.29) is 24.8 Å². The third-order valence-electron chi connectivity index (χ3n) is 10.7. The van der Waals surface area contributed by atoms with Gasteiger partial charge in [-0.1, -0.05) is 132 Å². The maximum absolute atomic E-state index is 14.6. The number of aliphatic hydroxyl groups excluding tert-OH is 1. The summed E-state index contributed by atoms with van der Waals surface area (Å²) in [5, 5.41) is 30.4. The van der Waals surface area contributed by atoms with Crippen molar-refractivity contribution in [3.63, 3.8) is 0 Å². The van der Waals surface area contributed by atoms with Crippen molar-refractivity contribution in [1.82, 2.24) is 30.7 Å². The van der Waals surface area contributed by atoms with Gasteiger partial charge in [0.15, 0.2) is 0 Å². The van der Waals surface area contributed by atoms with Gasteiger partial charge in [0.25, 0.3) is 0 Å². The van der Waals surface area contributed by atoms with Crippen LogP contribution < -0.4 is 16.0 Å². The lowest BCUT2D eigenvalue weighted by Gasteiger charge is -2.38. The van der Waals surface area contributed by atoms with Crippen LogP contribution in [0.2, 0.25) is 0 Å². The Balaban J connectivity index is 1.41. The summed E-state index contributed by atoms with van der Waals surface area (Å²) in [4.78, 5) is 62.0. The predicted octanol–water partition coefficient (Wildman–Crippen LogP) is 6.60. The fraction of sp³-hybridized carbons (Fsp3) is 0.426. The van der Waals surface area contributed by atoms with Gasteiger partial charge in [0.2, 0.25) is 11.8 Å². The van der Waals surface area contributed by atoms with Crippen molar-refractivity contribution < 1.29 is 29.4 Å². The highest BCUT2D eigenvalue weighted by molar-refractivity contribution is 5.89. The van der Waals surface area contributed by atoms with E-state index in [1.807, 2.05) is 119 Å². The van der Waals surface area contributed by atoms with Crippen LogP contribution in [0.15, 0.2) is 103 Å². The monoisotopic (exact) mass is 804 g/mol. The van der Waals surface area contributed by atoms with Crippen LogP contribution in [0, 0.1) is 17.8 Å². The molecule has 0 spiro atoms. The molecule has 0 unspecified atom stereocenters. The van der Waals surface area contributed by atoms with Crippen molar-refractivity contribution in [3.05, 3.63) is 126 Å². The molecule has 0 aliphatic carbocycles. The molecule has 0 bridgehead atoms. The summed E-state index contributed by atoms with van der Waals surface area (Å²) in [7, 11) is 0. The van der Waals surface area contributed by atoms with Crippen LogP contribution in [0.4, 0.5) is 9.59 Å². The van der Waals surface area contributed by atoms with E-state index in [1.165, 1.54) is 0 Å². The number of benzene rings is 3. The Morgan fingerprint density at radius 1 is 0.746 bits per heavy atom. The Morgan fingerprint density at radius 2 is 1.41 bits per heavy atom. The Kier molecular flexibility index (Phi) is 14.5. The molecule has 5 N–H and O–H groups in total. The second-order valence-corrected chi connectivity index (χ2v) is 17.8. The van der Waals surface area contributed by atoms with Gasteiger partial charge in [0, 0.05) is 37.4 Å². The topological polar surface area (TPSA) is 164 Å². The number of carbonyl (C=O) groups excluding carboxylic acids is 3. The first-order chi connectivity index (χ1) is 27.9. The molecule has 314 valence electrons. The third kappa shape index (κ3) is 12.4. The van der Waals surface area contributed by atoms with Crippen LogP contribution in [0.3, 0.4) is 0 Å². The van der Waals surface area contributed by atoms with Gasteiger partial charge in [-0.05, 0) is 65.8 Å². The molecule has 1 aromatic heterocycles. The summed E-state index contributed by atoms with van der Waals surface area (Å²) in [6.45, 7) is 14.4. The number of aliphatic hydroxyl groups is 1. The second-order valence-electron chi connectivity index (χ2n) is 17.8. The molecular weight excluding hydrogens is 745 g/mol. The third-order valence-corrected chi connectivity index (χ3v) is 10.7. The summed E-state index contributed by atoms with van der Waals surface area (Å²) < 4.78 is 0. The van der Waals surface area contributed by atoms with Crippen LogP contribution in [0.1, 0.15) is 70.2 Å². The van der Waals surface area contributed by atoms with Gasteiger partial charge in [0.05, 0.1) is 17.8 Å². The molecule has 2 heterocycles. The van der Waals surface area contributed by atoms with Gasteiger partial charge in [0.1, 0.15) is 12.1 Å². The second kappa shape index (κ2) is 19.3. The average molecular weight is 805 g/mol. The first kappa shape index (κ1) is 44.4. The number of nitrogens with one attached hydrogen (secondary N) is 3. The lowest BCUT2D eigenvalue weighted by Crippen LogP contribution is -2.59. The molecule has 0 saturated carbocycles. The molecular formula is C47H60N6O6. The number of pyridine rings is 1. The van der Waals surface area contributed by atoms with Gasteiger partial charge in [-0.15, -0.1) is 0 Å². The number of amides is 5. The zero-order valence-electron chi connectivity index (χ0n) is 35.3. The van der Waals surface area contributed by atoms with E-state index in [0.29, 0.717) is 26.1 Å². The smallest absolute Gasteiger partial charge is 0.405 e. The van der Waals surface area contributed by atoms with Crippen molar-refractivity contribution in [2.24, 2.45) is 10.8 Å². The Labute approximate surface area is 348 Å². The maximum atomic E-state index is 14.6. The molecule has 1 aliphatic heterocycles. The standard InChI is InChI=1S/C47H60N6O6/c1-31-14-13-17-34(26-31)30-52-24-25-53(45(52)59)41(47(5,6)7)43(56)50-38(28-32-15-9-8-10-16-32)39(54)29-36(49-42(55)40(46(2,3)4)51-44(57)58)27-33-19-21-35(22-20-33)37-18-11-12-23-48-37/h8-23,26,36,38-41,51,54H,24-25,27-30H2,1-7H3,(H,49,55)(H,50,56)(H,57,58)/t36-,38-,39-,40+,41+/m0/s1. The molecule has 3 aromatic carbocycles. The van der Waals surface area contributed by atoms with Crippen molar-refractivity contribution >= 4 is 23.9 Å². The van der Waals surface area contributed by atoms with Gasteiger partial charge >= 0.3 is 12.1 Å². The highest BCUT2D eigenvalue weighted by atomic mass is 16.4. The summed E-state index contributed by atoms with van der Waals surface area (Å²) in [5.41, 5.74) is 4.20. The Bertz CT molecular complexity index is 2030.